The molecule has 0 aromatic carbocycles. The first-order chi connectivity index (χ1) is 3.27. The maximum Gasteiger partial charge on any atom is 0.405 e. The first kappa shape index (κ1) is 6.36. The van der Waals surface area contributed by atoms with Crippen LogP contribution in [0.5, 0.6) is 0 Å². The molecular formula is C2H2ClNO3. The Morgan fingerprint density at radius 1 is 1.86 bits per heavy atom. The van der Waals surface area contributed by atoms with Gasteiger partial charge in [0.2, 0.25) is 6.73 Å². The van der Waals surface area contributed by atoms with Gasteiger partial charge in [0.25, 0.3) is 0 Å². The summed E-state index contributed by atoms with van der Waals surface area (Å²) in [5, 5.41) is 2.20. The summed E-state index contributed by atoms with van der Waals surface area (Å²) in [6.45, 7) is -0.512. The molecule has 40 valence electrons. The van der Waals surface area contributed by atoms with Gasteiger partial charge in [0.05, 0.1) is 0 Å². The molecule has 0 aliphatic rings. The Morgan fingerprint density at radius 3 is 2.57 bits per heavy atom. The van der Waals surface area contributed by atoms with Gasteiger partial charge in [0.1, 0.15) is 0 Å². The molecule has 0 aromatic rings. The summed E-state index contributed by atoms with van der Waals surface area (Å²) >= 11 is 4.60. The molecule has 0 radical (unpaired) electrons. The minimum absolute atomic E-state index is 0.512. The van der Waals surface area contributed by atoms with Gasteiger partial charge in [-0.3, -0.25) is 0 Å². The van der Waals surface area contributed by atoms with Crippen LogP contribution in [0.4, 0.5) is 4.79 Å². The quantitative estimate of drug-likeness (QED) is 0.408. The first-order valence-electron chi connectivity index (χ1n) is 1.38. The van der Waals surface area contributed by atoms with Crippen LogP contribution in [-0.4, -0.2) is 12.2 Å². The fraction of sp³-hybridized carbons (Fsp3) is 0.500. The molecule has 0 saturated heterocycles. The molecule has 0 fully saturated rings. The van der Waals surface area contributed by atoms with Crippen molar-refractivity contribution < 1.29 is 9.53 Å². The van der Waals surface area contributed by atoms with E-state index in [0.717, 1.165) is 0 Å². The van der Waals surface area contributed by atoms with Crippen LogP contribution in [0, 0.1) is 4.91 Å². The van der Waals surface area contributed by atoms with E-state index in [1.165, 1.54) is 0 Å². The molecule has 5 heteroatoms. The summed E-state index contributed by atoms with van der Waals surface area (Å²) < 4.78 is 3.84. The summed E-state index contributed by atoms with van der Waals surface area (Å²) in [5.74, 6) is 0. The largest absolute Gasteiger partial charge is 0.427 e. The van der Waals surface area contributed by atoms with Gasteiger partial charge >= 0.3 is 5.43 Å². The molecule has 0 amide bonds. The molecule has 0 N–H and O–H groups in total. The standard InChI is InChI=1S/C2H2ClNO3/c3-2(5)7-1-4-6/h1H2. The van der Waals surface area contributed by atoms with Crippen LogP contribution in [0.3, 0.4) is 0 Å². The smallest absolute Gasteiger partial charge is 0.405 e. The van der Waals surface area contributed by atoms with Crippen molar-refractivity contribution in [2.45, 2.75) is 0 Å². The molecule has 0 heterocycles. The van der Waals surface area contributed by atoms with Gasteiger partial charge in [-0.05, 0) is 5.18 Å². The van der Waals surface area contributed by atoms with Crippen LogP contribution in [0.25, 0.3) is 0 Å². The lowest BCUT2D eigenvalue weighted by Gasteiger charge is -1.85. The number of ether oxygens (including phenoxy) is 1. The minimum Gasteiger partial charge on any atom is -0.427 e. The molecule has 7 heavy (non-hydrogen) atoms. The molecule has 0 spiro atoms. The zero-order valence-corrected chi connectivity index (χ0v) is 4.01. The highest BCUT2D eigenvalue weighted by molar-refractivity contribution is 6.61. The van der Waals surface area contributed by atoms with E-state index in [0.29, 0.717) is 0 Å². The van der Waals surface area contributed by atoms with Crippen molar-refractivity contribution >= 4 is 17.0 Å². The van der Waals surface area contributed by atoms with E-state index >= 15 is 0 Å². The number of carbonyl (C=O) groups excluding carboxylic acids is 1. The van der Waals surface area contributed by atoms with Crippen molar-refractivity contribution in [3.05, 3.63) is 4.91 Å². The summed E-state index contributed by atoms with van der Waals surface area (Å²) in [7, 11) is 0. The predicted octanol–water partition coefficient (Wildman–Crippen LogP) is 1.09. The van der Waals surface area contributed by atoms with Crippen LogP contribution < -0.4 is 0 Å². The Kier molecular flexibility index (Phi) is 3.22. The normalized spacial score (nSPS) is 7.57. The first-order valence-corrected chi connectivity index (χ1v) is 1.76. The second kappa shape index (κ2) is 3.55. The van der Waals surface area contributed by atoms with Crippen LogP contribution in [0.1, 0.15) is 0 Å². The van der Waals surface area contributed by atoms with E-state index in [4.69, 9.17) is 4.91 Å². The fourth-order valence-electron chi connectivity index (χ4n) is 0.0771. The van der Waals surface area contributed by atoms with Gasteiger partial charge in [-0.15, -0.1) is 4.91 Å². The highest BCUT2D eigenvalue weighted by Crippen LogP contribution is 1.84. The Balaban J connectivity index is 2.97. The van der Waals surface area contributed by atoms with Gasteiger partial charge in [0, 0.05) is 11.6 Å². The van der Waals surface area contributed by atoms with Gasteiger partial charge in [-0.25, -0.2) is 4.79 Å². The second-order valence-corrected chi connectivity index (χ2v) is 0.949. The van der Waals surface area contributed by atoms with Gasteiger partial charge < -0.3 is 4.74 Å². The summed E-state index contributed by atoms with van der Waals surface area (Å²) in [6, 6.07) is 0. The van der Waals surface area contributed by atoms with Crippen LogP contribution in [-0.2, 0) is 4.74 Å². The lowest BCUT2D eigenvalue weighted by molar-refractivity contribution is 0.177. The maximum atomic E-state index is 9.55. The van der Waals surface area contributed by atoms with Crippen LogP contribution >= 0.6 is 11.6 Å². The lowest BCUT2D eigenvalue weighted by Crippen LogP contribution is -1.90. The zero-order valence-electron chi connectivity index (χ0n) is 3.26. The van der Waals surface area contributed by atoms with Crippen LogP contribution in [0.2, 0.25) is 0 Å². The molecule has 0 aliphatic heterocycles. The monoisotopic (exact) mass is 123 g/mol. The Bertz CT molecular complexity index is 83.0. The van der Waals surface area contributed by atoms with Gasteiger partial charge in [-0.1, -0.05) is 0 Å². The van der Waals surface area contributed by atoms with E-state index in [1.54, 1.807) is 0 Å². The molecule has 0 bridgehead atoms. The predicted molar refractivity (Wildman–Crippen MR) is 23.0 cm³/mol. The van der Waals surface area contributed by atoms with Crippen molar-refractivity contribution in [1.82, 2.24) is 0 Å². The van der Waals surface area contributed by atoms with E-state index in [-0.39, 0.29) is 0 Å². The third-order valence-corrected chi connectivity index (χ3v) is 0.340. The number of hydrogen-bond donors (Lipinski definition) is 0. The van der Waals surface area contributed by atoms with E-state index < -0.39 is 12.2 Å². The highest BCUT2D eigenvalue weighted by atomic mass is 35.5. The number of halogens is 1. The van der Waals surface area contributed by atoms with E-state index in [2.05, 4.69) is 21.5 Å². The molecule has 0 saturated carbocycles. The Morgan fingerprint density at radius 2 is 2.43 bits per heavy atom. The average Bonchev–Trinajstić information content (AvgIpc) is 1.61. The molecular weight excluding hydrogens is 121 g/mol. The Hall–Kier alpha value is -0.640. The van der Waals surface area contributed by atoms with Crippen molar-refractivity contribution in [1.29, 1.82) is 0 Å². The Labute approximate surface area is 44.4 Å². The van der Waals surface area contributed by atoms with Crippen molar-refractivity contribution in [3.63, 3.8) is 0 Å². The van der Waals surface area contributed by atoms with E-state index in [9.17, 15) is 4.79 Å². The van der Waals surface area contributed by atoms with Crippen molar-refractivity contribution in [3.8, 4) is 0 Å². The average molecular weight is 123 g/mol. The summed E-state index contributed by atoms with van der Waals surface area (Å²) in [4.78, 5) is 18.7. The molecule has 0 atom stereocenters. The third-order valence-electron chi connectivity index (χ3n) is 0.231. The van der Waals surface area contributed by atoms with Gasteiger partial charge in [0.15, 0.2) is 0 Å². The number of rotatable bonds is 2. The van der Waals surface area contributed by atoms with Crippen molar-refractivity contribution in [2.24, 2.45) is 5.18 Å². The highest BCUT2D eigenvalue weighted by Gasteiger charge is 1.89. The lowest BCUT2D eigenvalue weighted by atomic mass is 11.3. The minimum atomic E-state index is -1.01. The van der Waals surface area contributed by atoms with E-state index in [1.807, 2.05) is 0 Å². The number of hydrogen-bond acceptors (Lipinski definition) is 4. The molecule has 0 aliphatic carbocycles. The summed E-state index contributed by atoms with van der Waals surface area (Å²) in [5.41, 5.74) is -1.01. The number of carbonyl (C=O) groups is 1. The summed E-state index contributed by atoms with van der Waals surface area (Å²) in [6.07, 6.45) is 0. The molecule has 4 nitrogen and oxygen atoms in total. The molecule has 0 unspecified atom stereocenters. The number of nitroso groups, excluding NO2 is 1. The third kappa shape index (κ3) is 5.36. The van der Waals surface area contributed by atoms with Crippen LogP contribution in [0.15, 0.2) is 5.18 Å². The maximum absolute atomic E-state index is 9.55. The number of nitrogens with zero attached hydrogens (tertiary/aromatic N) is 1. The topological polar surface area (TPSA) is 55.7 Å². The fourth-order valence-corrected chi connectivity index (χ4v) is 0.126. The second-order valence-electron chi connectivity index (χ2n) is 0.640. The molecule has 0 rings (SSSR count). The zero-order chi connectivity index (χ0) is 5.70. The molecule has 0 aromatic heterocycles. The van der Waals surface area contributed by atoms with Gasteiger partial charge in [-0.2, -0.15) is 0 Å². The SMILES string of the molecule is O=NCOC(=O)Cl. The van der Waals surface area contributed by atoms with Crippen molar-refractivity contribution in [2.75, 3.05) is 6.73 Å².